The van der Waals surface area contributed by atoms with Crippen molar-refractivity contribution in [3.05, 3.63) is 30.5 Å². The summed E-state index contributed by atoms with van der Waals surface area (Å²) >= 11 is 0. The van der Waals surface area contributed by atoms with Gasteiger partial charge in [-0.15, -0.1) is 0 Å². The van der Waals surface area contributed by atoms with Gasteiger partial charge in [-0.05, 0) is 24.6 Å². The fourth-order valence-corrected chi connectivity index (χ4v) is 1.76. The van der Waals surface area contributed by atoms with Gasteiger partial charge in [0.1, 0.15) is 5.75 Å². The molecule has 0 spiro atoms. The van der Waals surface area contributed by atoms with Crippen molar-refractivity contribution in [3.63, 3.8) is 0 Å². The predicted molar refractivity (Wildman–Crippen MR) is 57.6 cm³/mol. The maximum atomic E-state index is 12.3. The maximum Gasteiger partial charge on any atom is 0.497 e. The lowest BCUT2D eigenvalue weighted by Crippen LogP contribution is -2.23. The van der Waals surface area contributed by atoms with Crippen LogP contribution in [0.3, 0.4) is 0 Å². The van der Waals surface area contributed by atoms with Gasteiger partial charge in [0.25, 0.3) is 0 Å². The molecule has 0 N–H and O–H groups in total. The molecule has 0 fully saturated rings. The summed E-state index contributed by atoms with van der Waals surface area (Å²) in [4.78, 5) is 0. The zero-order chi connectivity index (χ0) is 11.8. The van der Waals surface area contributed by atoms with E-state index >= 15 is 0 Å². The molecular formula is C10H10BF3NO-. The molecule has 1 aromatic carbocycles. The van der Waals surface area contributed by atoms with Crippen molar-refractivity contribution in [1.29, 1.82) is 0 Å². The molecule has 0 aliphatic heterocycles. The Morgan fingerprint density at radius 2 is 2.00 bits per heavy atom. The number of benzene rings is 1. The summed E-state index contributed by atoms with van der Waals surface area (Å²) in [5.74, 6) is 0.589. The molecule has 0 aliphatic carbocycles. The molecule has 1 heterocycles. The van der Waals surface area contributed by atoms with Gasteiger partial charge in [0.15, 0.2) is 0 Å². The van der Waals surface area contributed by atoms with Crippen LogP contribution in [0, 0.1) is 0 Å². The zero-order valence-electron chi connectivity index (χ0n) is 8.66. The van der Waals surface area contributed by atoms with Crippen molar-refractivity contribution < 1.29 is 17.7 Å². The molecule has 0 amide bonds. The van der Waals surface area contributed by atoms with E-state index in [2.05, 4.69) is 0 Å². The first kappa shape index (κ1) is 10.9. The van der Waals surface area contributed by atoms with Crippen LogP contribution >= 0.6 is 0 Å². The number of halogens is 3. The Labute approximate surface area is 90.7 Å². The first-order valence-corrected chi connectivity index (χ1v) is 4.84. The van der Waals surface area contributed by atoms with Crippen molar-refractivity contribution in [2.45, 2.75) is 6.44 Å². The molecule has 1 aromatic heterocycles. The zero-order valence-corrected chi connectivity index (χ0v) is 8.66. The summed E-state index contributed by atoms with van der Waals surface area (Å²) in [6.45, 7) is -4.83. The number of ether oxygens (including phenoxy) is 1. The summed E-state index contributed by atoms with van der Waals surface area (Å²) < 4.78 is 43.3. The quantitative estimate of drug-likeness (QED) is 0.736. The highest BCUT2D eigenvalue weighted by Crippen LogP contribution is 2.27. The van der Waals surface area contributed by atoms with Crippen LogP contribution in [-0.2, 0) is 6.44 Å². The van der Waals surface area contributed by atoms with Crippen LogP contribution in [-0.4, -0.2) is 18.7 Å². The highest BCUT2D eigenvalue weighted by Gasteiger charge is 2.24. The first-order valence-electron chi connectivity index (χ1n) is 4.84. The Bertz CT molecular complexity index is 506. The third-order valence-electron chi connectivity index (χ3n) is 2.40. The van der Waals surface area contributed by atoms with E-state index < -0.39 is 13.4 Å². The molecule has 0 atom stereocenters. The Kier molecular flexibility index (Phi) is 2.57. The van der Waals surface area contributed by atoms with Crippen LogP contribution in [0.2, 0.25) is 0 Å². The van der Waals surface area contributed by atoms with E-state index in [0.29, 0.717) is 16.7 Å². The van der Waals surface area contributed by atoms with Crippen molar-refractivity contribution in [2.75, 3.05) is 7.11 Å². The molecular weight excluding hydrogens is 218 g/mol. The second-order valence-corrected chi connectivity index (χ2v) is 3.57. The maximum absolute atomic E-state index is 12.3. The normalized spacial score (nSPS) is 12.0. The van der Waals surface area contributed by atoms with E-state index in [9.17, 15) is 12.9 Å². The van der Waals surface area contributed by atoms with Gasteiger partial charge >= 0.3 is 6.98 Å². The standard InChI is InChI=1S/C10H10BF3NO/c1-16-10-4-2-3-9-8(10)5-6-15(9)7-11(12,13)14/h2-6H,7H2,1H3/q-1. The summed E-state index contributed by atoms with van der Waals surface area (Å²) in [7, 11) is 1.50. The minimum Gasteiger partial charge on any atom is -0.496 e. The van der Waals surface area contributed by atoms with E-state index in [1.165, 1.54) is 17.9 Å². The van der Waals surface area contributed by atoms with Gasteiger partial charge < -0.3 is 22.3 Å². The van der Waals surface area contributed by atoms with Gasteiger partial charge in [-0.25, -0.2) is 0 Å². The molecule has 0 aliphatic rings. The van der Waals surface area contributed by atoms with Crippen molar-refractivity contribution in [2.24, 2.45) is 0 Å². The summed E-state index contributed by atoms with van der Waals surface area (Å²) in [5, 5.41) is 0.699. The first-order chi connectivity index (χ1) is 7.51. The molecule has 16 heavy (non-hydrogen) atoms. The summed E-state index contributed by atoms with van der Waals surface area (Å²) in [6.07, 6.45) is 0.513. The largest absolute Gasteiger partial charge is 0.497 e. The molecule has 2 aromatic rings. The average molecular weight is 228 g/mol. The topological polar surface area (TPSA) is 14.2 Å². The second-order valence-electron chi connectivity index (χ2n) is 3.57. The van der Waals surface area contributed by atoms with Crippen molar-refractivity contribution >= 4 is 17.9 Å². The van der Waals surface area contributed by atoms with Crippen LogP contribution in [0.1, 0.15) is 0 Å². The Hall–Kier alpha value is -1.59. The molecule has 0 saturated carbocycles. The number of hydrogen-bond donors (Lipinski definition) is 0. The smallest absolute Gasteiger partial charge is 0.496 e. The number of nitrogens with zero attached hydrogens (tertiary/aromatic N) is 1. The Morgan fingerprint density at radius 3 is 2.62 bits per heavy atom. The number of fused-ring (bicyclic) bond motifs is 1. The van der Waals surface area contributed by atoms with E-state index in [1.807, 2.05) is 0 Å². The van der Waals surface area contributed by atoms with Gasteiger partial charge in [-0.2, -0.15) is 0 Å². The van der Waals surface area contributed by atoms with E-state index in [0.717, 1.165) is 0 Å². The SMILES string of the molecule is COc1cccc2c1ccn2C[B-](F)(F)F. The van der Waals surface area contributed by atoms with Crippen LogP contribution in [0.4, 0.5) is 12.9 Å². The number of rotatable bonds is 3. The lowest BCUT2D eigenvalue weighted by Gasteiger charge is -2.15. The van der Waals surface area contributed by atoms with E-state index in [1.54, 1.807) is 24.3 Å². The van der Waals surface area contributed by atoms with Gasteiger partial charge in [-0.1, -0.05) is 6.07 Å². The molecule has 2 rings (SSSR count). The minimum absolute atomic E-state index is 0.540. The number of aromatic nitrogens is 1. The lowest BCUT2D eigenvalue weighted by molar-refractivity contribution is 0.419. The third-order valence-corrected chi connectivity index (χ3v) is 2.40. The minimum atomic E-state index is -4.83. The molecule has 0 radical (unpaired) electrons. The lowest BCUT2D eigenvalue weighted by atomic mass is 9.92. The third kappa shape index (κ3) is 2.00. The molecule has 0 saturated heterocycles. The van der Waals surface area contributed by atoms with Crippen LogP contribution in [0.25, 0.3) is 10.9 Å². The Morgan fingerprint density at radius 1 is 1.25 bits per heavy atom. The van der Waals surface area contributed by atoms with Gasteiger partial charge in [-0.3, -0.25) is 0 Å². The highest BCUT2D eigenvalue weighted by molar-refractivity contribution is 6.57. The highest BCUT2D eigenvalue weighted by atomic mass is 19.4. The van der Waals surface area contributed by atoms with E-state index in [-0.39, 0.29) is 0 Å². The summed E-state index contributed by atoms with van der Waals surface area (Å²) in [6, 6.07) is 6.70. The summed E-state index contributed by atoms with van der Waals surface area (Å²) in [5.41, 5.74) is 0.540. The fraction of sp³-hybridized carbons (Fsp3) is 0.200. The molecule has 2 nitrogen and oxygen atoms in total. The van der Waals surface area contributed by atoms with Crippen LogP contribution < -0.4 is 4.74 Å². The Balaban J connectivity index is 2.49. The number of methoxy groups -OCH3 is 1. The van der Waals surface area contributed by atoms with Crippen molar-refractivity contribution in [1.82, 2.24) is 4.57 Å². The van der Waals surface area contributed by atoms with Crippen LogP contribution in [0.5, 0.6) is 5.75 Å². The van der Waals surface area contributed by atoms with Crippen LogP contribution in [0.15, 0.2) is 30.5 Å². The van der Waals surface area contributed by atoms with Gasteiger partial charge in [0, 0.05) is 17.1 Å². The van der Waals surface area contributed by atoms with Gasteiger partial charge in [0.05, 0.1) is 7.11 Å². The molecule has 0 bridgehead atoms. The average Bonchev–Trinajstić information content (AvgIpc) is 2.59. The van der Waals surface area contributed by atoms with E-state index in [4.69, 9.17) is 4.74 Å². The fourth-order valence-electron chi connectivity index (χ4n) is 1.76. The monoisotopic (exact) mass is 228 g/mol. The second kappa shape index (κ2) is 3.77. The van der Waals surface area contributed by atoms with Crippen molar-refractivity contribution in [3.8, 4) is 5.75 Å². The molecule has 0 unspecified atom stereocenters. The number of hydrogen-bond acceptors (Lipinski definition) is 1. The molecule has 6 heteroatoms. The molecule has 86 valence electrons. The predicted octanol–water partition coefficient (Wildman–Crippen LogP) is 3.04. The van der Waals surface area contributed by atoms with Gasteiger partial charge in [0.2, 0.25) is 0 Å².